The molecule has 0 aliphatic carbocycles. The van der Waals surface area contributed by atoms with E-state index in [0.717, 1.165) is 45.3 Å². The van der Waals surface area contributed by atoms with Crippen LogP contribution in [0.15, 0.2) is 425 Å². The van der Waals surface area contributed by atoms with E-state index >= 15 is 0 Å². The SMILES string of the molecule is C.C#CC#CC#CC#CC#CC#CC#CC#CC#CC.ClB1c2ccccc2C2(c3ccccc31)c1ccccc1B1c3ccccc3Oc3cccc2c31.OB(O)c1ccc(-c2ccc3c4ccccc4n(-c4ccccc4)c3c2)cc1.c1ccc(-n2c3ccccc3c3ccc(-c4ccc(B5c6ccccc6C6(c7ccccc75)c5ccccc5B5c7ccccc7Oc7cccc6c75)cc4)cc32)cc1. The van der Waals surface area contributed by atoms with Crippen LogP contribution in [0.3, 0.4) is 0 Å². The van der Waals surface area contributed by atoms with Crippen molar-refractivity contribution < 1.29 is 19.5 Å². The van der Waals surface area contributed by atoms with Gasteiger partial charge < -0.3 is 28.7 Å². The van der Waals surface area contributed by atoms with E-state index in [1.807, 2.05) is 18.2 Å². The van der Waals surface area contributed by atoms with Crippen molar-refractivity contribution in [1.82, 2.24) is 9.13 Å². The summed E-state index contributed by atoms with van der Waals surface area (Å²) in [5, 5.41) is 23.6. The summed E-state index contributed by atoms with van der Waals surface area (Å²) in [5.41, 5.74) is 35.6. The molecule has 8 heterocycles. The number of benzene rings is 18. The van der Waals surface area contributed by atoms with Gasteiger partial charge in [0.2, 0.25) is 6.71 Å². The van der Waals surface area contributed by atoms with Crippen LogP contribution in [0.1, 0.15) is 58.9 Å². The third kappa shape index (κ3) is 15.2. The Labute approximate surface area is 834 Å². The fraction of sp³-hybridized carbons (Fsp3) is 0.0308. The lowest BCUT2D eigenvalue weighted by Gasteiger charge is -2.50. The lowest BCUT2D eigenvalue weighted by atomic mass is 9.26. The van der Waals surface area contributed by atoms with Crippen molar-refractivity contribution in [3.63, 3.8) is 0 Å². The van der Waals surface area contributed by atoms with E-state index in [-0.39, 0.29) is 33.7 Å². The van der Waals surface area contributed by atoms with Crippen molar-refractivity contribution in [2.75, 3.05) is 0 Å². The van der Waals surface area contributed by atoms with Crippen molar-refractivity contribution in [1.29, 1.82) is 0 Å². The molecular formula is C130H80B5ClN2O4. The average molecular weight is 1820 g/mol. The molecule has 6 aliphatic rings. The van der Waals surface area contributed by atoms with E-state index in [4.69, 9.17) is 27.4 Å². The number of aromatic nitrogens is 2. The summed E-state index contributed by atoms with van der Waals surface area (Å²) in [6.45, 7) is 1.98. The topological polar surface area (TPSA) is 68.8 Å². The van der Waals surface area contributed by atoms with Gasteiger partial charge in [-0.3, -0.25) is 0 Å². The van der Waals surface area contributed by atoms with E-state index in [9.17, 15) is 10.0 Å². The van der Waals surface area contributed by atoms with Gasteiger partial charge >= 0.3 is 13.2 Å². The molecule has 2 spiro atoms. The number of para-hydroxylation sites is 6. The van der Waals surface area contributed by atoms with Crippen molar-refractivity contribution in [3.05, 3.63) is 469 Å². The van der Waals surface area contributed by atoms with Gasteiger partial charge in [-0.2, -0.15) is 11.5 Å². The van der Waals surface area contributed by atoms with Gasteiger partial charge in [-0.25, -0.2) is 0 Å². The minimum absolute atomic E-state index is 0. The number of hydrogen-bond donors (Lipinski definition) is 2. The summed E-state index contributed by atoms with van der Waals surface area (Å²) in [4.78, 5) is 0. The Morgan fingerprint density at radius 2 is 0.570 bits per heavy atom. The van der Waals surface area contributed by atoms with Crippen LogP contribution in [-0.2, 0) is 10.8 Å². The molecule has 0 fully saturated rings. The molecule has 0 saturated carbocycles. The standard InChI is InChI=1S/C55H35B2NO.C31H19B2ClO.C24H18BNO2.C19H4.CH4/c1-2-15-39(16-3-1)58-50-26-12-4-17-40(50)41-34-31-37(35-51(41)58)36-29-32-38(33-30-36)56-46-22-8-5-18-42(46)55(43-19-6-9-23-47(43)56)44-20-7-10-24-48(44)57-49-25-11-13-27-52(49)59-53-28-14-21-45(55)54(53)57;34-33-25-15-5-2-11-21(25)31(22-12-3-6-16-26(22)33)20-10-1-4-14-24(20)32-27-17-7-8-18-28(27)35-29-19-9-13-23(31)30(29)32;27-25(28)19-13-10-17(11-14-19)18-12-15-22-21-8-4-5-9-23(21)26(24(22)16-18)20-6-2-1-3-7-20;1-3-5-7-9-11-13-15-17-19-18-16-14-12-10-8-6-4-2;/h1-35H;1-19H;1-16,27-28H;1H,2H3;1H4. The number of hydrogen-bond acceptors (Lipinski definition) is 4. The molecule has 0 radical (unpaired) electrons. The van der Waals surface area contributed by atoms with Crippen molar-refractivity contribution in [2.45, 2.75) is 25.2 Å². The molecule has 0 saturated heterocycles. The van der Waals surface area contributed by atoms with E-state index in [1.165, 1.54) is 160 Å². The smallest absolute Gasteiger partial charge is 0.458 e. The van der Waals surface area contributed by atoms with Gasteiger partial charge in [0.1, 0.15) is 23.0 Å². The van der Waals surface area contributed by atoms with Gasteiger partial charge in [-0.05, 0) is 269 Å². The van der Waals surface area contributed by atoms with Crippen molar-refractivity contribution in [2.24, 2.45) is 0 Å². The first-order chi connectivity index (χ1) is 69.7. The maximum atomic E-state index is 9.32. The van der Waals surface area contributed by atoms with Gasteiger partial charge in [0.15, 0.2) is 0 Å². The van der Waals surface area contributed by atoms with Gasteiger partial charge in [0, 0.05) is 32.9 Å². The monoisotopic (exact) mass is 1820 g/mol. The minimum atomic E-state index is -1.45. The Morgan fingerprint density at radius 1 is 0.275 bits per heavy atom. The molecule has 26 rings (SSSR count). The zero-order valence-corrected chi connectivity index (χ0v) is 77.1. The van der Waals surface area contributed by atoms with Gasteiger partial charge in [-0.1, -0.05) is 403 Å². The van der Waals surface area contributed by atoms with E-state index in [2.05, 4.69) is 504 Å². The fourth-order valence-corrected chi connectivity index (χ4v) is 22.9. The second-order valence-corrected chi connectivity index (χ2v) is 35.6. The zero-order valence-electron chi connectivity index (χ0n) is 76.4. The molecule has 12 heteroatoms. The Bertz CT molecular complexity index is 9040. The summed E-state index contributed by atoms with van der Waals surface area (Å²) in [6, 6.07) is 153. The van der Waals surface area contributed by atoms with Crippen LogP contribution in [0.25, 0.3) is 77.2 Å². The number of nitrogens with zero attached hydrogens (tertiary/aromatic N) is 2. The van der Waals surface area contributed by atoms with Crippen LogP contribution in [0.2, 0.25) is 0 Å². The van der Waals surface area contributed by atoms with Crippen molar-refractivity contribution in [3.8, 4) is 164 Å². The highest BCUT2D eigenvalue weighted by Gasteiger charge is 2.57. The molecular weight excluding hydrogens is 1740 g/mol. The van der Waals surface area contributed by atoms with Crippen LogP contribution < -0.4 is 75.0 Å². The van der Waals surface area contributed by atoms with Gasteiger partial charge in [0.05, 0.1) is 32.9 Å². The Hall–Kier alpha value is -18.3. The predicted octanol–water partition coefficient (Wildman–Crippen LogP) is 17.7. The summed E-state index contributed by atoms with van der Waals surface area (Å²) in [6.07, 6.45) is 4.71. The van der Waals surface area contributed by atoms with Crippen LogP contribution in [0.5, 0.6) is 23.0 Å². The molecule has 142 heavy (non-hydrogen) atoms. The lowest BCUT2D eigenvalue weighted by molar-refractivity contribution is 0.426. The van der Waals surface area contributed by atoms with Gasteiger partial charge in [0.25, 0.3) is 13.4 Å². The van der Waals surface area contributed by atoms with Crippen LogP contribution >= 0.6 is 11.5 Å². The largest absolute Gasteiger partial charge is 0.488 e. The molecule has 0 amide bonds. The Morgan fingerprint density at radius 3 is 0.958 bits per heavy atom. The van der Waals surface area contributed by atoms with Crippen LogP contribution in [-0.4, -0.2) is 52.6 Å². The molecule has 0 bridgehead atoms. The van der Waals surface area contributed by atoms with Crippen LogP contribution in [0, 0.1) is 107 Å². The zero-order chi connectivity index (χ0) is 94.9. The molecule has 0 atom stereocenters. The average Bonchev–Trinajstić information content (AvgIpc) is 0.732. The summed E-state index contributed by atoms with van der Waals surface area (Å²) < 4.78 is 18.0. The highest BCUT2D eigenvalue weighted by Crippen LogP contribution is 2.52. The summed E-state index contributed by atoms with van der Waals surface area (Å²) in [5.74, 6) is 45.7. The van der Waals surface area contributed by atoms with Gasteiger partial charge in [-0.15, -0.1) is 6.42 Å². The Kier molecular flexibility index (Phi) is 24.0. The quantitative estimate of drug-likeness (QED) is 0.129. The normalized spacial score (nSPS) is 12.3. The first-order valence-corrected chi connectivity index (χ1v) is 47.3. The number of terminal acetylenes is 1. The lowest BCUT2D eigenvalue weighted by Crippen LogP contribution is -2.68. The second-order valence-electron chi connectivity index (χ2n) is 35.1. The number of fused-ring (bicyclic) bond motifs is 26. The minimum Gasteiger partial charge on any atom is -0.458 e. The number of halogens is 1. The molecule has 656 valence electrons. The summed E-state index contributed by atoms with van der Waals surface area (Å²) >= 11 is 7.17. The maximum Gasteiger partial charge on any atom is 0.488 e. The molecule has 6 aliphatic heterocycles. The molecule has 2 aromatic heterocycles. The molecule has 2 N–H and O–H groups in total. The van der Waals surface area contributed by atoms with E-state index in [0.29, 0.717) is 5.46 Å². The number of rotatable bonds is 6. The Balaban J connectivity index is 0.000000119. The van der Waals surface area contributed by atoms with E-state index < -0.39 is 17.9 Å². The highest BCUT2D eigenvalue weighted by atomic mass is 35.5. The highest BCUT2D eigenvalue weighted by molar-refractivity contribution is 7.22. The fourth-order valence-electron chi connectivity index (χ4n) is 22.5. The number of ether oxygens (including phenoxy) is 2. The predicted molar refractivity (Wildman–Crippen MR) is 593 cm³/mol. The first kappa shape index (κ1) is 89.0. The van der Waals surface area contributed by atoms with E-state index in [1.54, 1.807) is 19.1 Å². The van der Waals surface area contributed by atoms with Crippen molar-refractivity contribution >= 4 is 154 Å². The summed E-state index contributed by atoms with van der Waals surface area (Å²) in [7, 11) is -1.45. The second kappa shape index (κ2) is 38.4. The third-order valence-electron chi connectivity index (χ3n) is 28.0. The third-order valence-corrected chi connectivity index (χ3v) is 28.4. The van der Waals surface area contributed by atoms with Crippen LogP contribution in [0.4, 0.5) is 0 Å². The molecule has 18 aromatic carbocycles. The molecule has 20 aromatic rings. The molecule has 6 nitrogen and oxygen atoms in total. The molecule has 0 unspecified atom stereocenters. The maximum absolute atomic E-state index is 9.32. The first-order valence-electron chi connectivity index (χ1n) is 46.8.